The summed E-state index contributed by atoms with van der Waals surface area (Å²) in [5, 5.41) is 1.08. The summed E-state index contributed by atoms with van der Waals surface area (Å²) in [7, 11) is 1.78. The molecule has 0 amide bonds. The highest BCUT2D eigenvalue weighted by Gasteiger charge is 2.31. The molecule has 9 heteroatoms. The highest BCUT2D eigenvalue weighted by Crippen LogP contribution is 2.35. The van der Waals surface area contributed by atoms with E-state index in [4.69, 9.17) is 5.73 Å². The number of aromatic nitrogens is 5. The van der Waals surface area contributed by atoms with E-state index >= 15 is 0 Å². The highest BCUT2D eigenvalue weighted by atomic mass is 19.4. The van der Waals surface area contributed by atoms with Gasteiger partial charge in [-0.1, -0.05) is 6.07 Å². The van der Waals surface area contributed by atoms with E-state index in [2.05, 4.69) is 19.9 Å². The molecule has 6 nitrogen and oxygen atoms in total. The van der Waals surface area contributed by atoms with Gasteiger partial charge in [0.25, 0.3) is 0 Å². The summed E-state index contributed by atoms with van der Waals surface area (Å²) >= 11 is 0. The van der Waals surface area contributed by atoms with E-state index < -0.39 is 11.7 Å². The van der Waals surface area contributed by atoms with E-state index in [1.807, 2.05) is 0 Å². The van der Waals surface area contributed by atoms with E-state index in [-0.39, 0.29) is 11.5 Å². The second kappa shape index (κ2) is 5.13. The Balaban J connectivity index is 2.11. The third kappa shape index (κ3) is 2.53. The number of nitrogen functional groups attached to an aromatic ring is 1. The smallest absolute Gasteiger partial charge is 0.368 e. The van der Waals surface area contributed by atoms with Crippen LogP contribution >= 0.6 is 0 Å². The van der Waals surface area contributed by atoms with E-state index in [1.54, 1.807) is 24.1 Å². The lowest BCUT2D eigenvalue weighted by molar-refractivity contribution is -0.137. The van der Waals surface area contributed by atoms with E-state index in [1.165, 1.54) is 12.3 Å². The Bertz CT molecular complexity index is 1120. The topological polar surface area (TPSA) is 82.5 Å². The van der Waals surface area contributed by atoms with E-state index in [0.29, 0.717) is 27.7 Å². The minimum atomic E-state index is -4.45. The Morgan fingerprint density at radius 1 is 1.08 bits per heavy atom. The van der Waals surface area contributed by atoms with Crippen molar-refractivity contribution in [3.05, 3.63) is 42.5 Å². The first kappa shape index (κ1) is 15.3. The molecule has 0 unspecified atom stereocenters. The van der Waals surface area contributed by atoms with Gasteiger partial charge in [-0.2, -0.15) is 13.2 Å². The predicted molar refractivity (Wildman–Crippen MR) is 86.5 cm³/mol. The zero-order chi connectivity index (χ0) is 17.8. The Kier molecular flexibility index (Phi) is 3.14. The maximum Gasteiger partial charge on any atom is 0.416 e. The zero-order valence-electron chi connectivity index (χ0n) is 12.9. The van der Waals surface area contributed by atoms with Crippen molar-refractivity contribution in [1.82, 2.24) is 24.5 Å². The molecule has 3 heterocycles. The van der Waals surface area contributed by atoms with Crippen molar-refractivity contribution in [3.8, 4) is 11.4 Å². The van der Waals surface area contributed by atoms with Gasteiger partial charge in [-0.15, -0.1) is 0 Å². The monoisotopic (exact) mass is 344 g/mol. The number of halogens is 3. The Labute approximate surface area is 139 Å². The van der Waals surface area contributed by atoms with Gasteiger partial charge >= 0.3 is 6.18 Å². The average Bonchev–Trinajstić information content (AvgIpc) is 2.98. The molecule has 1 aromatic carbocycles. The van der Waals surface area contributed by atoms with Gasteiger partial charge in [0.1, 0.15) is 16.9 Å². The van der Waals surface area contributed by atoms with Crippen molar-refractivity contribution < 1.29 is 13.2 Å². The molecule has 4 rings (SSSR count). The number of benzene rings is 1. The van der Waals surface area contributed by atoms with Crippen molar-refractivity contribution in [2.24, 2.45) is 7.05 Å². The van der Waals surface area contributed by atoms with Gasteiger partial charge in [-0.3, -0.25) is 0 Å². The minimum Gasteiger partial charge on any atom is -0.368 e. The van der Waals surface area contributed by atoms with E-state index in [0.717, 1.165) is 12.1 Å². The number of alkyl halides is 3. The fourth-order valence-electron chi connectivity index (χ4n) is 2.69. The molecular formula is C16H11F3N6. The van der Waals surface area contributed by atoms with Crippen LogP contribution in [-0.4, -0.2) is 24.5 Å². The first-order valence-electron chi connectivity index (χ1n) is 7.24. The van der Waals surface area contributed by atoms with Crippen molar-refractivity contribution in [3.63, 3.8) is 0 Å². The van der Waals surface area contributed by atoms with Crippen LogP contribution in [0, 0.1) is 0 Å². The van der Waals surface area contributed by atoms with Crippen LogP contribution in [-0.2, 0) is 13.2 Å². The van der Waals surface area contributed by atoms with Gasteiger partial charge in [0.05, 0.1) is 17.4 Å². The molecular weight excluding hydrogens is 333 g/mol. The molecule has 0 radical (unpaired) electrons. The summed E-state index contributed by atoms with van der Waals surface area (Å²) in [4.78, 5) is 16.8. The highest BCUT2D eigenvalue weighted by molar-refractivity contribution is 6.08. The fourth-order valence-corrected chi connectivity index (χ4v) is 2.69. The number of pyridine rings is 1. The molecule has 2 N–H and O–H groups in total. The minimum absolute atomic E-state index is 0.0535. The van der Waals surface area contributed by atoms with E-state index in [9.17, 15) is 13.2 Å². The molecule has 0 aliphatic heterocycles. The first-order chi connectivity index (χ1) is 11.8. The molecule has 126 valence electrons. The fraction of sp³-hybridized carbons (Fsp3) is 0.125. The summed E-state index contributed by atoms with van der Waals surface area (Å²) in [6, 6.07) is 3.40. The Hall–Kier alpha value is -3.23. The number of nitrogens with zero attached hydrogens (tertiary/aromatic N) is 5. The van der Waals surface area contributed by atoms with Gasteiger partial charge in [-0.05, 0) is 12.1 Å². The van der Waals surface area contributed by atoms with Crippen LogP contribution in [0.4, 0.5) is 19.1 Å². The second-order valence-corrected chi connectivity index (χ2v) is 5.60. The molecule has 3 aromatic heterocycles. The summed E-state index contributed by atoms with van der Waals surface area (Å²) in [6.07, 6.45) is 0.318. The third-order valence-corrected chi connectivity index (χ3v) is 3.83. The summed E-state index contributed by atoms with van der Waals surface area (Å²) < 4.78 is 40.8. The molecule has 0 fully saturated rings. The van der Waals surface area contributed by atoms with Crippen LogP contribution in [0.2, 0.25) is 0 Å². The summed E-state index contributed by atoms with van der Waals surface area (Å²) in [6.45, 7) is 0. The maximum absolute atomic E-state index is 13.0. The van der Waals surface area contributed by atoms with Gasteiger partial charge < -0.3 is 10.3 Å². The first-order valence-corrected chi connectivity index (χ1v) is 7.24. The Morgan fingerprint density at radius 2 is 1.88 bits per heavy atom. The van der Waals surface area contributed by atoms with Crippen LogP contribution in [0.1, 0.15) is 5.56 Å². The van der Waals surface area contributed by atoms with Gasteiger partial charge in [0.2, 0.25) is 5.95 Å². The SMILES string of the molecule is Cn1cnc(-c2nc3cc(C(F)(F)F)ccc3c3cnc(N)nc23)c1. The van der Waals surface area contributed by atoms with Crippen LogP contribution in [0.5, 0.6) is 0 Å². The molecule has 0 bridgehead atoms. The summed E-state index contributed by atoms with van der Waals surface area (Å²) in [5.41, 5.74) is 6.39. The number of imidazole rings is 1. The predicted octanol–water partition coefficient (Wildman–Crippen LogP) is 3.18. The Morgan fingerprint density at radius 3 is 2.56 bits per heavy atom. The normalized spacial score (nSPS) is 12.2. The quantitative estimate of drug-likeness (QED) is 0.536. The molecule has 0 atom stereocenters. The number of nitrogens with two attached hydrogens (primary N) is 1. The number of aryl methyl sites for hydroxylation is 1. The number of rotatable bonds is 1. The lowest BCUT2D eigenvalue weighted by atomic mass is 10.1. The average molecular weight is 344 g/mol. The second-order valence-electron chi connectivity index (χ2n) is 5.60. The largest absolute Gasteiger partial charge is 0.416 e. The van der Waals surface area contributed by atoms with Crippen molar-refractivity contribution in [2.45, 2.75) is 6.18 Å². The van der Waals surface area contributed by atoms with Crippen LogP contribution < -0.4 is 5.73 Å². The molecule has 4 aromatic rings. The van der Waals surface area contributed by atoms with Crippen LogP contribution in [0.15, 0.2) is 36.9 Å². The van der Waals surface area contributed by atoms with Crippen molar-refractivity contribution in [2.75, 3.05) is 5.73 Å². The number of fused-ring (bicyclic) bond motifs is 3. The number of anilines is 1. The number of hydrogen-bond acceptors (Lipinski definition) is 5. The molecule has 0 saturated heterocycles. The standard InChI is InChI=1S/C16H11F3N6/c1-25-6-12(22-7-25)14-13-10(5-21-15(20)24-13)9-3-2-8(16(17,18)19)4-11(9)23-14/h2-7H,1H3,(H2,20,21,24). The van der Waals surface area contributed by atoms with Gasteiger partial charge in [0, 0.05) is 30.2 Å². The van der Waals surface area contributed by atoms with Crippen molar-refractivity contribution in [1.29, 1.82) is 0 Å². The molecule has 0 aliphatic carbocycles. The lowest BCUT2D eigenvalue weighted by Gasteiger charge is -2.11. The van der Waals surface area contributed by atoms with Crippen LogP contribution in [0.25, 0.3) is 33.2 Å². The van der Waals surface area contributed by atoms with Crippen LogP contribution in [0.3, 0.4) is 0 Å². The molecule has 0 saturated carbocycles. The summed E-state index contributed by atoms with van der Waals surface area (Å²) in [5.74, 6) is 0.0535. The zero-order valence-corrected chi connectivity index (χ0v) is 12.9. The van der Waals surface area contributed by atoms with Gasteiger partial charge in [0.15, 0.2) is 0 Å². The number of hydrogen-bond donors (Lipinski definition) is 1. The lowest BCUT2D eigenvalue weighted by Crippen LogP contribution is -2.05. The molecule has 0 spiro atoms. The molecule has 25 heavy (non-hydrogen) atoms. The maximum atomic E-state index is 13.0. The van der Waals surface area contributed by atoms with Gasteiger partial charge in [-0.25, -0.2) is 19.9 Å². The third-order valence-electron chi connectivity index (χ3n) is 3.83. The molecule has 0 aliphatic rings. The van der Waals surface area contributed by atoms with Crippen molar-refractivity contribution >= 4 is 27.8 Å².